The Morgan fingerprint density at radius 2 is 1.89 bits per heavy atom. The third-order valence-corrected chi connectivity index (χ3v) is 2.96. The van der Waals surface area contributed by atoms with Crippen LogP contribution in [0.1, 0.15) is 29.2 Å². The number of thiol groups is 1. The molecule has 0 aromatic heterocycles. The molecule has 18 heavy (non-hydrogen) atoms. The summed E-state index contributed by atoms with van der Waals surface area (Å²) in [6.45, 7) is 1.35. The van der Waals surface area contributed by atoms with E-state index in [9.17, 15) is 23.4 Å². The van der Waals surface area contributed by atoms with Crippen LogP contribution in [-0.4, -0.2) is 22.1 Å². The summed E-state index contributed by atoms with van der Waals surface area (Å²) in [6, 6.07) is 3.55. The van der Waals surface area contributed by atoms with Crippen LogP contribution in [0.25, 0.3) is 0 Å². The fourth-order valence-electron chi connectivity index (χ4n) is 1.64. The van der Waals surface area contributed by atoms with Gasteiger partial charge in [0, 0.05) is 0 Å². The Bertz CT molecular complexity index is 407. The first-order chi connectivity index (χ1) is 8.27. The van der Waals surface area contributed by atoms with E-state index in [2.05, 4.69) is 12.6 Å². The third kappa shape index (κ3) is 3.63. The molecular formula is C12H15F3O2S. The Morgan fingerprint density at radius 3 is 2.39 bits per heavy atom. The Morgan fingerprint density at radius 1 is 1.28 bits per heavy atom. The fourth-order valence-corrected chi connectivity index (χ4v) is 1.91. The van der Waals surface area contributed by atoms with Crippen LogP contribution in [0.4, 0.5) is 13.2 Å². The minimum Gasteiger partial charge on any atom is -0.390 e. The second-order valence-corrected chi connectivity index (χ2v) is 4.54. The second kappa shape index (κ2) is 5.95. The van der Waals surface area contributed by atoms with E-state index in [4.69, 9.17) is 0 Å². The summed E-state index contributed by atoms with van der Waals surface area (Å²) in [6.07, 6.45) is -6.71. The molecule has 1 aromatic carbocycles. The summed E-state index contributed by atoms with van der Waals surface area (Å²) >= 11 is 3.90. The molecule has 2 unspecified atom stereocenters. The fraction of sp³-hybridized carbons (Fsp3) is 0.500. The van der Waals surface area contributed by atoms with E-state index < -0.39 is 23.9 Å². The number of alkyl halides is 3. The zero-order valence-corrected chi connectivity index (χ0v) is 10.7. The van der Waals surface area contributed by atoms with Crippen molar-refractivity contribution in [2.24, 2.45) is 0 Å². The molecule has 2 nitrogen and oxygen atoms in total. The zero-order chi connectivity index (χ0) is 13.9. The summed E-state index contributed by atoms with van der Waals surface area (Å²) in [5.74, 6) is 0.343. The smallest absolute Gasteiger partial charge is 0.390 e. The van der Waals surface area contributed by atoms with Crippen LogP contribution < -0.4 is 0 Å². The molecule has 0 aliphatic heterocycles. The summed E-state index contributed by atoms with van der Waals surface area (Å²) in [4.78, 5) is 0. The first-order valence-corrected chi connectivity index (χ1v) is 6.05. The number of aliphatic hydroxyl groups excluding tert-OH is 2. The molecule has 1 aromatic rings. The minimum atomic E-state index is -4.46. The molecule has 0 bridgehead atoms. The van der Waals surface area contributed by atoms with Crippen LogP contribution in [0.15, 0.2) is 18.2 Å². The molecule has 0 amide bonds. The molecule has 0 saturated heterocycles. The average molecular weight is 280 g/mol. The Balaban J connectivity index is 3.05. The van der Waals surface area contributed by atoms with Gasteiger partial charge in [0.25, 0.3) is 0 Å². The lowest BCUT2D eigenvalue weighted by Gasteiger charge is -2.19. The van der Waals surface area contributed by atoms with Crippen molar-refractivity contribution in [3.8, 4) is 0 Å². The molecule has 0 saturated carbocycles. The number of halogens is 3. The maximum absolute atomic E-state index is 12.7. The highest BCUT2D eigenvalue weighted by Crippen LogP contribution is 2.34. The van der Waals surface area contributed by atoms with Crippen molar-refractivity contribution in [2.45, 2.75) is 31.7 Å². The Kier molecular flexibility index (Phi) is 5.07. The molecule has 0 aliphatic carbocycles. The SMILES string of the molecule is Cc1ccc(C(O)C(O)CCS)cc1C(F)(F)F. The molecule has 2 N–H and O–H groups in total. The van der Waals surface area contributed by atoms with E-state index in [1.54, 1.807) is 0 Å². The van der Waals surface area contributed by atoms with Gasteiger partial charge in [-0.1, -0.05) is 12.1 Å². The van der Waals surface area contributed by atoms with Crippen LogP contribution >= 0.6 is 12.6 Å². The van der Waals surface area contributed by atoms with Crippen LogP contribution in [-0.2, 0) is 6.18 Å². The third-order valence-electron chi connectivity index (χ3n) is 2.70. The quantitative estimate of drug-likeness (QED) is 0.742. The van der Waals surface area contributed by atoms with Gasteiger partial charge < -0.3 is 10.2 Å². The van der Waals surface area contributed by atoms with Crippen molar-refractivity contribution in [1.82, 2.24) is 0 Å². The van der Waals surface area contributed by atoms with Crippen LogP contribution in [0.5, 0.6) is 0 Å². The van der Waals surface area contributed by atoms with Gasteiger partial charge >= 0.3 is 6.18 Å². The monoisotopic (exact) mass is 280 g/mol. The molecule has 0 fully saturated rings. The van der Waals surface area contributed by atoms with Gasteiger partial charge in [-0.3, -0.25) is 0 Å². The lowest BCUT2D eigenvalue weighted by atomic mass is 9.97. The number of hydrogen-bond acceptors (Lipinski definition) is 3. The van der Waals surface area contributed by atoms with Crippen LogP contribution in [0.3, 0.4) is 0 Å². The van der Waals surface area contributed by atoms with Gasteiger partial charge in [0.2, 0.25) is 0 Å². The van der Waals surface area contributed by atoms with Gasteiger partial charge in [0.1, 0.15) is 6.10 Å². The Hall–Kier alpha value is -0.720. The van der Waals surface area contributed by atoms with Gasteiger partial charge in [-0.05, 0) is 36.3 Å². The van der Waals surface area contributed by atoms with Gasteiger partial charge in [0.15, 0.2) is 0 Å². The van der Waals surface area contributed by atoms with Crippen molar-refractivity contribution >= 4 is 12.6 Å². The van der Waals surface area contributed by atoms with Crippen LogP contribution in [0.2, 0.25) is 0 Å². The van der Waals surface area contributed by atoms with Crippen LogP contribution in [0, 0.1) is 6.92 Å². The highest BCUT2D eigenvalue weighted by atomic mass is 32.1. The van der Waals surface area contributed by atoms with Crippen molar-refractivity contribution in [3.05, 3.63) is 34.9 Å². The number of aliphatic hydroxyl groups is 2. The summed E-state index contributed by atoms with van der Waals surface area (Å²) in [5, 5.41) is 19.3. The van der Waals surface area contributed by atoms with Gasteiger partial charge in [-0.15, -0.1) is 0 Å². The highest BCUT2D eigenvalue weighted by molar-refractivity contribution is 7.80. The molecular weight excluding hydrogens is 265 g/mol. The molecule has 6 heteroatoms. The molecule has 1 rings (SSSR count). The first-order valence-electron chi connectivity index (χ1n) is 5.42. The second-order valence-electron chi connectivity index (χ2n) is 4.10. The van der Waals surface area contributed by atoms with Crippen molar-refractivity contribution in [1.29, 1.82) is 0 Å². The predicted molar refractivity (Wildman–Crippen MR) is 65.6 cm³/mol. The normalized spacial score (nSPS) is 15.5. The largest absolute Gasteiger partial charge is 0.416 e. The molecule has 0 heterocycles. The van der Waals surface area contributed by atoms with Gasteiger partial charge in [0.05, 0.1) is 11.7 Å². The van der Waals surface area contributed by atoms with Gasteiger partial charge in [-0.2, -0.15) is 25.8 Å². The first kappa shape index (κ1) is 15.3. The minimum absolute atomic E-state index is 0.0576. The Labute approximate surface area is 109 Å². The maximum atomic E-state index is 12.7. The standard InChI is InChI=1S/C12H15F3O2S/c1-7-2-3-8(6-9(7)12(13,14)15)11(17)10(16)4-5-18/h2-3,6,10-11,16-18H,4-5H2,1H3. The molecule has 0 radical (unpaired) electrons. The molecule has 2 atom stereocenters. The van der Waals surface area contributed by atoms with E-state index in [0.29, 0.717) is 5.75 Å². The van der Waals surface area contributed by atoms with Crippen molar-refractivity contribution in [2.75, 3.05) is 5.75 Å². The maximum Gasteiger partial charge on any atom is 0.416 e. The van der Waals surface area contributed by atoms with E-state index in [1.165, 1.54) is 19.1 Å². The zero-order valence-electron chi connectivity index (χ0n) is 9.78. The van der Waals surface area contributed by atoms with Gasteiger partial charge in [-0.25, -0.2) is 0 Å². The van der Waals surface area contributed by atoms with Crippen molar-refractivity contribution < 1.29 is 23.4 Å². The molecule has 0 aliphatic rings. The number of aryl methyl sites for hydroxylation is 1. The number of hydrogen-bond donors (Lipinski definition) is 3. The summed E-state index contributed by atoms with van der Waals surface area (Å²) < 4.78 is 38.1. The summed E-state index contributed by atoms with van der Waals surface area (Å²) in [5.41, 5.74) is -0.651. The predicted octanol–water partition coefficient (Wildman–Crippen LogP) is 2.73. The van der Waals surface area contributed by atoms with E-state index in [0.717, 1.165) is 6.07 Å². The van der Waals surface area contributed by atoms with E-state index in [1.807, 2.05) is 0 Å². The lowest BCUT2D eigenvalue weighted by molar-refractivity contribution is -0.138. The van der Waals surface area contributed by atoms with Crippen molar-refractivity contribution in [3.63, 3.8) is 0 Å². The highest BCUT2D eigenvalue weighted by Gasteiger charge is 2.33. The summed E-state index contributed by atoms with van der Waals surface area (Å²) in [7, 11) is 0. The lowest BCUT2D eigenvalue weighted by Crippen LogP contribution is -2.19. The molecule has 0 spiro atoms. The number of rotatable bonds is 4. The van der Waals surface area contributed by atoms with E-state index in [-0.39, 0.29) is 17.5 Å². The average Bonchev–Trinajstić information content (AvgIpc) is 2.27. The molecule has 102 valence electrons. The topological polar surface area (TPSA) is 40.5 Å². The van der Waals surface area contributed by atoms with E-state index >= 15 is 0 Å². The number of benzene rings is 1.